The van der Waals surface area contributed by atoms with Crippen molar-refractivity contribution in [1.29, 1.82) is 0 Å². The summed E-state index contributed by atoms with van der Waals surface area (Å²) >= 11 is 0. The van der Waals surface area contributed by atoms with Crippen LogP contribution >= 0.6 is 0 Å². The zero-order valence-electron chi connectivity index (χ0n) is 8.53. The molecule has 82 valence electrons. The molecule has 2 N–H and O–H groups in total. The van der Waals surface area contributed by atoms with Crippen molar-refractivity contribution in [1.82, 2.24) is 5.32 Å². The number of aliphatic hydroxyl groups is 1. The molecule has 1 aliphatic heterocycles. The fourth-order valence-corrected chi connectivity index (χ4v) is 2.54. The monoisotopic (exact) mass is 219 g/mol. The average Bonchev–Trinajstić information content (AvgIpc) is 2.27. The maximum absolute atomic E-state index is 11.0. The molecule has 1 heterocycles. The van der Waals surface area contributed by atoms with E-state index in [-0.39, 0.29) is 11.8 Å². The van der Waals surface area contributed by atoms with Gasteiger partial charge in [0.15, 0.2) is 9.84 Å². The van der Waals surface area contributed by atoms with Crippen molar-refractivity contribution in [3.63, 3.8) is 0 Å². The molecule has 0 fully saturated rings. The van der Waals surface area contributed by atoms with Crippen LogP contribution in [0.15, 0.2) is 11.5 Å². The van der Waals surface area contributed by atoms with Crippen molar-refractivity contribution in [3.8, 4) is 0 Å². The van der Waals surface area contributed by atoms with Crippen LogP contribution in [0.5, 0.6) is 0 Å². The minimum Gasteiger partial charge on any atom is -0.390 e. The van der Waals surface area contributed by atoms with Crippen molar-refractivity contribution >= 4 is 9.84 Å². The van der Waals surface area contributed by atoms with Gasteiger partial charge in [0.1, 0.15) is 0 Å². The van der Waals surface area contributed by atoms with E-state index in [1.54, 1.807) is 19.9 Å². The third-order valence-corrected chi connectivity index (χ3v) is 3.47. The molecule has 1 aliphatic rings. The maximum atomic E-state index is 11.0. The Morgan fingerprint density at radius 2 is 2.21 bits per heavy atom. The SMILES string of the molecule is CC(C)(O)CCNC1C=CS(=O)(=O)C1. The summed E-state index contributed by atoms with van der Waals surface area (Å²) in [5, 5.41) is 13.7. The van der Waals surface area contributed by atoms with E-state index in [9.17, 15) is 13.5 Å². The second-order valence-electron chi connectivity index (χ2n) is 4.28. The second kappa shape index (κ2) is 4.00. The minimum absolute atomic E-state index is 0.0950. The molecule has 5 heteroatoms. The fourth-order valence-electron chi connectivity index (χ4n) is 1.27. The third-order valence-electron chi connectivity index (χ3n) is 2.07. The van der Waals surface area contributed by atoms with Gasteiger partial charge >= 0.3 is 0 Å². The number of nitrogens with one attached hydrogen (secondary N) is 1. The predicted molar refractivity (Wildman–Crippen MR) is 55.6 cm³/mol. The Balaban J connectivity index is 2.26. The molecule has 0 saturated carbocycles. The highest BCUT2D eigenvalue weighted by Crippen LogP contribution is 2.09. The minimum atomic E-state index is -2.97. The molecule has 0 bridgehead atoms. The Kier molecular flexibility index (Phi) is 3.34. The molecular formula is C9H17NO3S. The smallest absolute Gasteiger partial charge is 0.173 e. The molecule has 0 amide bonds. The van der Waals surface area contributed by atoms with Crippen LogP contribution in [-0.2, 0) is 9.84 Å². The molecule has 14 heavy (non-hydrogen) atoms. The normalized spacial score (nSPS) is 25.5. The van der Waals surface area contributed by atoms with E-state index < -0.39 is 15.4 Å². The van der Waals surface area contributed by atoms with E-state index in [0.29, 0.717) is 13.0 Å². The van der Waals surface area contributed by atoms with Crippen LogP contribution in [0.4, 0.5) is 0 Å². The van der Waals surface area contributed by atoms with Crippen LogP contribution in [0.25, 0.3) is 0 Å². The summed E-state index contributed by atoms with van der Waals surface area (Å²) in [6.45, 7) is 4.08. The highest BCUT2D eigenvalue weighted by atomic mass is 32.2. The predicted octanol–water partition coefficient (Wildman–Crippen LogP) is 0.0477. The van der Waals surface area contributed by atoms with Gasteiger partial charge in [-0.25, -0.2) is 8.42 Å². The molecule has 0 aliphatic carbocycles. The molecule has 1 atom stereocenters. The van der Waals surface area contributed by atoms with Gasteiger partial charge in [0, 0.05) is 11.4 Å². The first-order chi connectivity index (χ1) is 6.29. The standard InChI is InChI=1S/C9H17NO3S/c1-9(2,11)4-5-10-8-3-6-14(12,13)7-8/h3,6,8,10-11H,4-5,7H2,1-2H3. The fraction of sp³-hybridized carbons (Fsp3) is 0.778. The third kappa shape index (κ3) is 4.21. The van der Waals surface area contributed by atoms with Gasteiger partial charge in [-0.3, -0.25) is 0 Å². The van der Waals surface area contributed by atoms with Crippen molar-refractivity contribution in [2.75, 3.05) is 12.3 Å². The molecule has 0 radical (unpaired) electrons. The van der Waals surface area contributed by atoms with Crippen molar-refractivity contribution in [2.45, 2.75) is 31.9 Å². The Labute approximate surface area is 84.9 Å². The molecule has 0 saturated heterocycles. The molecule has 1 rings (SSSR count). The summed E-state index contributed by atoms with van der Waals surface area (Å²) in [4.78, 5) is 0. The van der Waals surface area contributed by atoms with Crippen LogP contribution in [0.3, 0.4) is 0 Å². The Hall–Kier alpha value is -0.390. The highest BCUT2D eigenvalue weighted by Gasteiger charge is 2.21. The van der Waals surface area contributed by atoms with E-state index in [2.05, 4.69) is 5.32 Å². The lowest BCUT2D eigenvalue weighted by Crippen LogP contribution is -2.34. The summed E-state index contributed by atoms with van der Waals surface area (Å²) in [6, 6.07) is -0.0950. The van der Waals surface area contributed by atoms with Gasteiger partial charge in [0.25, 0.3) is 0 Å². The van der Waals surface area contributed by atoms with E-state index in [4.69, 9.17) is 0 Å². The summed E-state index contributed by atoms with van der Waals surface area (Å²) in [7, 11) is -2.97. The lowest BCUT2D eigenvalue weighted by molar-refractivity contribution is 0.0709. The van der Waals surface area contributed by atoms with Crippen molar-refractivity contribution in [2.24, 2.45) is 0 Å². The molecule has 0 aromatic rings. The number of hydrogen-bond donors (Lipinski definition) is 2. The lowest BCUT2D eigenvalue weighted by atomic mass is 10.1. The van der Waals surface area contributed by atoms with Crippen LogP contribution < -0.4 is 5.32 Å². The summed E-state index contributed by atoms with van der Waals surface area (Å²) in [5.41, 5.74) is -0.700. The van der Waals surface area contributed by atoms with Gasteiger partial charge in [-0.15, -0.1) is 0 Å². The van der Waals surface area contributed by atoms with Crippen molar-refractivity contribution < 1.29 is 13.5 Å². The Morgan fingerprint density at radius 3 is 2.64 bits per heavy atom. The van der Waals surface area contributed by atoms with E-state index in [0.717, 1.165) is 0 Å². The summed E-state index contributed by atoms with van der Waals surface area (Å²) < 4.78 is 22.0. The van der Waals surface area contributed by atoms with E-state index in [1.807, 2.05) is 0 Å². The number of sulfone groups is 1. The van der Waals surface area contributed by atoms with Gasteiger partial charge in [-0.05, 0) is 26.8 Å². The first-order valence-corrected chi connectivity index (χ1v) is 6.37. The second-order valence-corrected chi connectivity index (χ2v) is 6.21. The number of rotatable bonds is 4. The topological polar surface area (TPSA) is 66.4 Å². The van der Waals surface area contributed by atoms with Gasteiger partial charge in [-0.1, -0.05) is 6.08 Å². The Morgan fingerprint density at radius 1 is 1.57 bits per heavy atom. The van der Waals surface area contributed by atoms with E-state index in [1.165, 1.54) is 5.41 Å². The molecule has 0 spiro atoms. The number of hydrogen-bond acceptors (Lipinski definition) is 4. The lowest BCUT2D eigenvalue weighted by Gasteiger charge is -2.18. The van der Waals surface area contributed by atoms with Gasteiger partial charge < -0.3 is 10.4 Å². The molecule has 1 unspecified atom stereocenters. The molecule has 0 aromatic heterocycles. The van der Waals surface area contributed by atoms with Gasteiger partial charge in [0.2, 0.25) is 0 Å². The largest absolute Gasteiger partial charge is 0.390 e. The van der Waals surface area contributed by atoms with Crippen molar-refractivity contribution in [3.05, 3.63) is 11.5 Å². The highest BCUT2D eigenvalue weighted by molar-refractivity contribution is 7.94. The van der Waals surface area contributed by atoms with Crippen LogP contribution in [0.1, 0.15) is 20.3 Å². The molecule has 4 nitrogen and oxygen atoms in total. The van der Waals surface area contributed by atoms with Crippen LogP contribution in [0.2, 0.25) is 0 Å². The molecule has 0 aromatic carbocycles. The zero-order valence-corrected chi connectivity index (χ0v) is 9.34. The Bertz CT molecular complexity index is 313. The van der Waals surface area contributed by atoms with E-state index >= 15 is 0 Å². The first kappa shape index (κ1) is 11.7. The molecular weight excluding hydrogens is 202 g/mol. The maximum Gasteiger partial charge on any atom is 0.173 e. The van der Waals surface area contributed by atoms with Gasteiger partial charge in [-0.2, -0.15) is 0 Å². The quantitative estimate of drug-likeness (QED) is 0.701. The van der Waals surface area contributed by atoms with Gasteiger partial charge in [0.05, 0.1) is 11.4 Å². The summed E-state index contributed by atoms with van der Waals surface area (Å²) in [5.74, 6) is 0.138. The zero-order chi connectivity index (χ0) is 10.8. The van der Waals surface area contributed by atoms with Crippen LogP contribution in [0, 0.1) is 0 Å². The first-order valence-electron chi connectivity index (χ1n) is 4.65. The van der Waals surface area contributed by atoms with Crippen LogP contribution in [-0.4, -0.2) is 37.5 Å². The average molecular weight is 219 g/mol. The summed E-state index contributed by atoms with van der Waals surface area (Å²) in [6.07, 6.45) is 2.26.